The molecular formula is C14H27N3O. The molecule has 0 saturated carbocycles. The van der Waals surface area contributed by atoms with Gasteiger partial charge in [-0.15, -0.1) is 0 Å². The number of hydrogen-bond acceptors (Lipinski definition) is 2. The van der Waals surface area contributed by atoms with Crippen LogP contribution in [0.5, 0.6) is 0 Å². The lowest BCUT2D eigenvalue weighted by molar-refractivity contribution is 0.171. The van der Waals surface area contributed by atoms with Gasteiger partial charge in [0.05, 0.1) is 6.04 Å². The van der Waals surface area contributed by atoms with Gasteiger partial charge in [0, 0.05) is 20.1 Å². The van der Waals surface area contributed by atoms with Gasteiger partial charge < -0.3 is 15.1 Å². The molecule has 0 bridgehead atoms. The van der Waals surface area contributed by atoms with Crippen LogP contribution in [0.1, 0.15) is 33.6 Å². The summed E-state index contributed by atoms with van der Waals surface area (Å²) in [5.41, 5.74) is 0.157. The van der Waals surface area contributed by atoms with E-state index in [9.17, 15) is 4.79 Å². The van der Waals surface area contributed by atoms with Gasteiger partial charge in [0.1, 0.15) is 0 Å². The largest absolute Gasteiger partial charge is 0.322 e. The number of nitrogens with zero attached hydrogens (tertiary/aromatic N) is 2. The molecule has 2 unspecified atom stereocenters. The van der Waals surface area contributed by atoms with Crippen molar-refractivity contribution in [2.75, 3.05) is 33.2 Å². The fourth-order valence-electron chi connectivity index (χ4n) is 3.16. The van der Waals surface area contributed by atoms with E-state index in [-0.39, 0.29) is 11.4 Å². The highest BCUT2D eigenvalue weighted by Gasteiger charge is 2.41. The molecule has 2 fully saturated rings. The van der Waals surface area contributed by atoms with E-state index in [4.69, 9.17) is 0 Å². The summed E-state index contributed by atoms with van der Waals surface area (Å²) in [6.07, 6.45) is 2.49. The standard InChI is InChI=1S/C14H27N3O/c1-14(2,3)12-10-17(13(18)16(12)4)9-11-6-5-7-15-8-11/h11-12,15H,5-10H2,1-4H3. The zero-order valence-corrected chi connectivity index (χ0v) is 12.2. The highest BCUT2D eigenvalue weighted by atomic mass is 16.2. The average molecular weight is 253 g/mol. The summed E-state index contributed by atoms with van der Waals surface area (Å²) < 4.78 is 0. The Morgan fingerprint density at radius 1 is 1.39 bits per heavy atom. The van der Waals surface area contributed by atoms with E-state index in [1.165, 1.54) is 12.8 Å². The van der Waals surface area contributed by atoms with E-state index < -0.39 is 0 Å². The highest BCUT2D eigenvalue weighted by Crippen LogP contribution is 2.30. The third-order valence-corrected chi connectivity index (χ3v) is 4.31. The fourth-order valence-corrected chi connectivity index (χ4v) is 3.16. The normalized spacial score (nSPS) is 30.1. The summed E-state index contributed by atoms with van der Waals surface area (Å²) in [6.45, 7) is 10.6. The number of likely N-dealkylation sites (N-methyl/N-ethyl adjacent to an activating group) is 1. The molecule has 0 aliphatic carbocycles. The van der Waals surface area contributed by atoms with Gasteiger partial charge in [-0.3, -0.25) is 0 Å². The van der Waals surface area contributed by atoms with Gasteiger partial charge in [-0.2, -0.15) is 0 Å². The van der Waals surface area contributed by atoms with Gasteiger partial charge in [-0.1, -0.05) is 20.8 Å². The first kappa shape index (κ1) is 13.7. The Morgan fingerprint density at radius 2 is 2.11 bits per heavy atom. The van der Waals surface area contributed by atoms with Gasteiger partial charge >= 0.3 is 6.03 Å². The van der Waals surface area contributed by atoms with Crippen LogP contribution >= 0.6 is 0 Å². The SMILES string of the molecule is CN1C(=O)N(CC2CCCNC2)CC1C(C)(C)C. The molecule has 0 radical (unpaired) electrons. The number of amides is 2. The lowest BCUT2D eigenvalue weighted by Gasteiger charge is -2.31. The second-order valence-corrected chi connectivity index (χ2v) is 6.89. The molecule has 0 aromatic carbocycles. The molecule has 2 amide bonds. The van der Waals surface area contributed by atoms with Crippen molar-refractivity contribution < 1.29 is 4.79 Å². The summed E-state index contributed by atoms with van der Waals surface area (Å²) in [6, 6.07) is 0.544. The van der Waals surface area contributed by atoms with Crippen LogP contribution < -0.4 is 5.32 Å². The summed E-state index contributed by atoms with van der Waals surface area (Å²) in [5, 5.41) is 3.42. The predicted octanol–water partition coefficient (Wildman–Crippen LogP) is 1.77. The molecule has 2 heterocycles. The second kappa shape index (κ2) is 5.08. The number of nitrogens with one attached hydrogen (secondary N) is 1. The highest BCUT2D eigenvalue weighted by molar-refractivity contribution is 5.77. The Kier molecular flexibility index (Phi) is 3.85. The maximum Gasteiger partial charge on any atom is 0.320 e. The van der Waals surface area contributed by atoms with Crippen LogP contribution in [0.2, 0.25) is 0 Å². The van der Waals surface area contributed by atoms with Crippen LogP contribution in [0.3, 0.4) is 0 Å². The van der Waals surface area contributed by atoms with Crippen molar-refractivity contribution >= 4 is 6.03 Å². The maximum absolute atomic E-state index is 12.3. The van der Waals surface area contributed by atoms with Crippen LogP contribution in [0.4, 0.5) is 4.79 Å². The van der Waals surface area contributed by atoms with Crippen LogP contribution in [-0.4, -0.2) is 55.1 Å². The first-order valence-corrected chi connectivity index (χ1v) is 7.12. The van der Waals surface area contributed by atoms with Crippen LogP contribution in [0.15, 0.2) is 0 Å². The lowest BCUT2D eigenvalue weighted by atomic mass is 9.86. The number of carbonyl (C=O) groups excluding carboxylic acids is 1. The van der Waals surface area contributed by atoms with E-state index >= 15 is 0 Å². The minimum atomic E-state index is 0.157. The summed E-state index contributed by atoms with van der Waals surface area (Å²) in [5.74, 6) is 0.634. The minimum absolute atomic E-state index is 0.157. The molecule has 2 aliphatic rings. The van der Waals surface area contributed by atoms with Crippen molar-refractivity contribution in [1.82, 2.24) is 15.1 Å². The van der Waals surface area contributed by atoms with E-state index in [1.807, 2.05) is 16.8 Å². The van der Waals surface area contributed by atoms with Crippen LogP contribution in [0, 0.1) is 11.3 Å². The van der Waals surface area contributed by atoms with Gasteiger partial charge in [-0.25, -0.2) is 4.79 Å². The Bertz CT molecular complexity index is 305. The number of hydrogen-bond donors (Lipinski definition) is 1. The lowest BCUT2D eigenvalue weighted by Crippen LogP contribution is -2.40. The number of carbonyl (C=O) groups is 1. The number of urea groups is 1. The van der Waals surface area contributed by atoms with E-state index in [2.05, 4.69) is 26.1 Å². The molecule has 2 atom stereocenters. The molecule has 104 valence electrons. The van der Waals surface area contributed by atoms with Gasteiger partial charge in [-0.05, 0) is 37.3 Å². The molecule has 1 N–H and O–H groups in total. The van der Waals surface area contributed by atoms with Gasteiger partial charge in [0.25, 0.3) is 0 Å². The molecule has 0 aromatic heterocycles. The molecule has 4 heteroatoms. The molecule has 2 saturated heterocycles. The quantitative estimate of drug-likeness (QED) is 0.814. The van der Waals surface area contributed by atoms with Crippen molar-refractivity contribution in [3.8, 4) is 0 Å². The van der Waals surface area contributed by atoms with Crippen molar-refractivity contribution in [2.24, 2.45) is 11.3 Å². The number of rotatable bonds is 2. The maximum atomic E-state index is 12.3. The van der Waals surface area contributed by atoms with Crippen molar-refractivity contribution in [3.05, 3.63) is 0 Å². The molecule has 4 nitrogen and oxygen atoms in total. The van der Waals surface area contributed by atoms with Crippen molar-refractivity contribution in [2.45, 2.75) is 39.7 Å². The van der Waals surface area contributed by atoms with Gasteiger partial charge in [0.15, 0.2) is 0 Å². The van der Waals surface area contributed by atoms with Crippen LogP contribution in [0.25, 0.3) is 0 Å². The van der Waals surface area contributed by atoms with E-state index in [1.54, 1.807) is 0 Å². The van der Waals surface area contributed by atoms with Crippen molar-refractivity contribution in [1.29, 1.82) is 0 Å². The predicted molar refractivity (Wildman–Crippen MR) is 73.6 cm³/mol. The summed E-state index contributed by atoms with van der Waals surface area (Å²) >= 11 is 0. The molecule has 0 spiro atoms. The zero-order chi connectivity index (χ0) is 13.3. The Balaban J connectivity index is 1.96. The monoisotopic (exact) mass is 253 g/mol. The van der Waals surface area contributed by atoms with Crippen molar-refractivity contribution in [3.63, 3.8) is 0 Å². The molecule has 2 rings (SSSR count). The third kappa shape index (κ3) is 2.79. The van der Waals surface area contributed by atoms with Crippen LogP contribution in [-0.2, 0) is 0 Å². The van der Waals surface area contributed by atoms with E-state index in [0.29, 0.717) is 12.0 Å². The molecule has 0 aromatic rings. The number of piperidine rings is 1. The average Bonchev–Trinajstić information content (AvgIpc) is 2.58. The zero-order valence-electron chi connectivity index (χ0n) is 12.2. The Morgan fingerprint density at radius 3 is 2.61 bits per heavy atom. The fraction of sp³-hybridized carbons (Fsp3) is 0.929. The topological polar surface area (TPSA) is 35.6 Å². The Hall–Kier alpha value is -0.770. The first-order valence-electron chi connectivity index (χ1n) is 7.12. The Labute approximate surface area is 111 Å². The summed E-state index contributed by atoms with van der Waals surface area (Å²) in [4.78, 5) is 16.2. The third-order valence-electron chi connectivity index (χ3n) is 4.31. The molecular weight excluding hydrogens is 226 g/mol. The smallest absolute Gasteiger partial charge is 0.320 e. The summed E-state index contributed by atoms with van der Waals surface area (Å²) in [7, 11) is 1.94. The van der Waals surface area contributed by atoms with Gasteiger partial charge in [0.2, 0.25) is 0 Å². The molecule has 18 heavy (non-hydrogen) atoms. The van der Waals surface area contributed by atoms with E-state index in [0.717, 1.165) is 26.2 Å². The second-order valence-electron chi connectivity index (χ2n) is 6.89. The molecule has 2 aliphatic heterocycles. The minimum Gasteiger partial charge on any atom is -0.322 e. The first-order chi connectivity index (χ1) is 8.39.